The number of hydrogen-bond acceptors (Lipinski definition) is 0. The Bertz CT molecular complexity index is 165. The van der Waals surface area contributed by atoms with E-state index in [0.717, 1.165) is 0 Å². The van der Waals surface area contributed by atoms with Gasteiger partial charge >= 0.3 is 12.3 Å². The van der Waals surface area contributed by atoms with E-state index in [1.807, 2.05) is 0 Å². The van der Waals surface area contributed by atoms with Crippen LogP contribution in [0.15, 0.2) is 0 Å². The van der Waals surface area contributed by atoms with Crippen LogP contribution >= 0.6 is 15.9 Å². The molecule has 0 bridgehead atoms. The molecule has 0 heterocycles. The third kappa shape index (κ3) is 2.12. The Labute approximate surface area is 76.5 Å². The van der Waals surface area contributed by atoms with E-state index in [2.05, 4.69) is 15.9 Å². The smallest absolute Gasteiger partial charge is 0.204 e. The van der Waals surface area contributed by atoms with Crippen LogP contribution in [-0.4, -0.2) is 17.7 Å². The summed E-state index contributed by atoms with van der Waals surface area (Å²) < 4.78 is 48.5. The van der Waals surface area contributed by atoms with Crippen LogP contribution in [0.4, 0.5) is 17.6 Å². The maximum Gasteiger partial charge on any atom is 0.308 e. The van der Waals surface area contributed by atoms with Crippen LogP contribution in [-0.2, 0) is 0 Å². The number of hydrogen-bond donors (Lipinski definition) is 0. The SMILES string of the molecule is FC(F)C(F)(F)CC1(CBr)CC1. The van der Waals surface area contributed by atoms with Crippen molar-refractivity contribution in [3.63, 3.8) is 0 Å². The van der Waals surface area contributed by atoms with Gasteiger partial charge in [0, 0.05) is 11.8 Å². The van der Waals surface area contributed by atoms with Gasteiger partial charge in [0.05, 0.1) is 0 Å². The first kappa shape index (κ1) is 10.3. The van der Waals surface area contributed by atoms with E-state index >= 15 is 0 Å². The summed E-state index contributed by atoms with van der Waals surface area (Å²) in [6.45, 7) is 0. The van der Waals surface area contributed by atoms with E-state index in [0.29, 0.717) is 18.2 Å². The minimum absolute atomic E-state index is 0.391. The topological polar surface area (TPSA) is 0 Å². The highest BCUT2D eigenvalue weighted by Gasteiger charge is 2.53. The molecule has 1 aliphatic rings. The van der Waals surface area contributed by atoms with Crippen molar-refractivity contribution in [3.05, 3.63) is 0 Å². The molecule has 1 aliphatic carbocycles. The molecular weight excluding hydrogens is 240 g/mol. The number of rotatable bonds is 4. The zero-order valence-electron chi connectivity index (χ0n) is 6.30. The Morgan fingerprint density at radius 1 is 1.33 bits per heavy atom. The molecule has 0 aromatic heterocycles. The average Bonchev–Trinajstić information content (AvgIpc) is 2.68. The van der Waals surface area contributed by atoms with Crippen LogP contribution < -0.4 is 0 Å². The fraction of sp³-hybridized carbons (Fsp3) is 1.00. The lowest BCUT2D eigenvalue weighted by Crippen LogP contribution is -2.30. The minimum Gasteiger partial charge on any atom is -0.204 e. The van der Waals surface area contributed by atoms with E-state index in [9.17, 15) is 17.6 Å². The van der Waals surface area contributed by atoms with Crippen LogP contribution in [0.3, 0.4) is 0 Å². The summed E-state index contributed by atoms with van der Waals surface area (Å²) in [5.74, 6) is -3.82. The Morgan fingerprint density at radius 3 is 2.08 bits per heavy atom. The number of halogens is 5. The first-order valence-electron chi connectivity index (χ1n) is 3.64. The standard InChI is InChI=1S/C7H9BrF4/c8-4-6(1-2-6)3-7(11,12)5(9)10/h5H,1-4H2. The predicted octanol–water partition coefficient (Wildman–Crippen LogP) is 3.45. The van der Waals surface area contributed by atoms with Crippen molar-refractivity contribution in [3.8, 4) is 0 Å². The van der Waals surface area contributed by atoms with Gasteiger partial charge < -0.3 is 0 Å². The van der Waals surface area contributed by atoms with Gasteiger partial charge in [0.2, 0.25) is 0 Å². The molecule has 0 aromatic carbocycles. The normalized spacial score (nSPS) is 21.5. The van der Waals surface area contributed by atoms with Crippen molar-refractivity contribution < 1.29 is 17.6 Å². The molecule has 0 radical (unpaired) electrons. The summed E-state index contributed by atoms with van der Waals surface area (Å²) >= 11 is 3.06. The van der Waals surface area contributed by atoms with E-state index in [1.54, 1.807) is 0 Å². The molecule has 0 spiro atoms. The van der Waals surface area contributed by atoms with Gasteiger partial charge in [0.1, 0.15) is 0 Å². The van der Waals surface area contributed by atoms with Crippen molar-refractivity contribution in [1.29, 1.82) is 0 Å². The van der Waals surface area contributed by atoms with Gasteiger partial charge in [-0.1, -0.05) is 15.9 Å². The summed E-state index contributed by atoms with van der Waals surface area (Å²) in [7, 11) is 0. The first-order valence-corrected chi connectivity index (χ1v) is 4.76. The zero-order valence-corrected chi connectivity index (χ0v) is 7.88. The van der Waals surface area contributed by atoms with Gasteiger partial charge in [0.15, 0.2) is 0 Å². The van der Waals surface area contributed by atoms with Gasteiger partial charge in [-0.3, -0.25) is 0 Å². The fourth-order valence-corrected chi connectivity index (χ4v) is 1.87. The van der Waals surface area contributed by atoms with Crippen molar-refractivity contribution in [2.75, 3.05) is 5.33 Å². The van der Waals surface area contributed by atoms with Gasteiger partial charge in [-0.15, -0.1) is 0 Å². The molecule has 1 saturated carbocycles. The Kier molecular flexibility index (Phi) is 2.71. The van der Waals surface area contributed by atoms with E-state index in [4.69, 9.17) is 0 Å². The second-order valence-corrected chi connectivity index (χ2v) is 3.93. The van der Waals surface area contributed by atoms with Crippen molar-refractivity contribution >= 4 is 15.9 Å². The van der Waals surface area contributed by atoms with Gasteiger partial charge in [-0.2, -0.15) is 0 Å². The highest BCUT2D eigenvalue weighted by atomic mass is 79.9. The molecule has 1 fully saturated rings. The Hall–Kier alpha value is 0.200. The van der Waals surface area contributed by atoms with Gasteiger partial charge in [0.25, 0.3) is 0 Å². The highest BCUT2D eigenvalue weighted by molar-refractivity contribution is 9.09. The van der Waals surface area contributed by atoms with E-state index < -0.39 is 24.2 Å². The minimum atomic E-state index is -3.82. The summed E-state index contributed by atoms with van der Waals surface area (Å²) in [6, 6.07) is 0. The van der Waals surface area contributed by atoms with Gasteiger partial charge in [-0.05, 0) is 18.3 Å². The van der Waals surface area contributed by atoms with Crippen LogP contribution in [0.25, 0.3) is 0 Å². The number of alkyl halides is 5. The lowest BCUT2D eigenvalue weighted by atomic mass is 10.0. The second-order valence-electron chi connectivity index (χ2n) is 3.37. The first-order chi connectivity index (χ1) is 5.42. The molecule has 0 saturated heterocycles. The van der Waals surface area contributed by atoms with Gasteiger partial charge in [-0.25, -0.2) is 17.6 Å². The molecule has 0 unspecified atom stereocenters. The lowest BCUT2D eigenvalue weighted by Gasteiger charge is -2.20. The van der Waals surface area contributed by atoms with Crippen LogP contribution in [0.2, 0.25) is 0 Å². The van der Waals surface area contributed by atoms with Crippen LogP contribution in [0, 0.1) is 5.41 Å². The fourth-order valence-electron chi connectivity index (χ4n) is 1.11. The molecule has 0 aliphatic heterocycles. The molecule has 1 rings (SSSR count). The van der Waals surface area contributed by atoms with Crippen molar-refractivity contribution in [2.24, 2.45) is 5.41 Å². The molecule has 0 atom stereocenters. The van der Waals surface area contributed by atoms with E-state index in [-0.39, 0.29) is 0 Å². The second kappa shape index (κ2) is 3.16. The molecule has 0 nitrogen and oxygen atoms in total. The monoisotopic (exact) mass is 248 g/mol. The largest absolute Gasteiger partial charge is 0.308 e. The van der Waals surface area contributed by atoms with Crippen molar-refractivity contribution in [2.45, 2.75) is 31.6 Å². The molecule has 0 N–H and O–H groups in total. The molecule has 72 valence electrons. The zero-order chi connectivity index (χ0) is 9.41. The molecule has 0 aromatic rings. The summed E-state index contributed by atoms with van der Waals surface area (Å²) in [5, 5.41) is 0.391. The Morgan fingerprint density at radius 2 is 1.83 bits per heavy atom. The summed E-state index contributed by atoms with van der Waals surface area (Å²) in [6.07, 6.45) is -2.97. The summed E-state index contributed by atoms with van der Waals surface area (Å²) in [5.41, 5.74) is -0.556. The molecule has 0 amide bonds. The Balaban J connectivity index is 2.49. The molecule has 12 heavy (non-hydrogen) atoms. The van der Waals surface area contributed by atoms with Crippen molar-refractivity contribution in [1.82, 2.24) is 0 Å². The van der Waals surface area contributed by atoms with Crippen LogP contribution in [0.1, 0.15) is 19.3 Å². The maximum absolute atomic E-state index is 12.5. The third-order valence-corrected chi connectivity index (χ3v) is 3.36. The van der Waals surface area contributed by atoms with E-state index in [1.165, 1.54) is 0 Å². The van der Waals surface area contributed by atoms with Crippen LogP contribution in [0.5, 0.6) is 0 Å². The molecular formula is C7H9BrF4. The quantitative estimate of drug-likeness (QED) is 0.528. The predicted molar refractivity (Wildman–Crippen MR) is 41.0 cm³/mol. The molecule has 5 heteroatoms. The third-order valence-electron chi connectivity index (χ3n) is 2.17. The maximum atomic E-state index is 12.5. The summed E-state index contributed by atoms with van der Waals surface area (Å²) in [4.78, 5) is 0. The average molecular weight is 249 g/mol. The lowest BCUT2D eigenvalue weighted by molar-refractivity contribution is -0.141. The highest BCUT2D eigenvalue weighted by Crippen LogP contribution is 2.54.